The number of hydrogen-bond donors (Lipinski definition) is 1. The predicted octanol–water partition coefficient (Wildman–Crippen LogP) is 4.97. The molecule has 0 saturated heterocycles. The first kappa shape index (κ1) is 31.2. The maximum atomic E-state index is 14.0. The lowest BCUT2D eigenvalue weighted by molar-refractivity contribution is -0.152. The molecule has 0 aliphatic heterocycles. The van der Waals surface area contributed by atoms with Gasteiger partial charge in [-0.25, -0.2) is 22.2 Å². The first-order valence-corrected chi connectivity index (χ1v) is 13.7. The van der Waals surface area contributed by atoms with E-state index in [2.05, 4.69) is 15.1 Å². The Labute approximate surface area is 229 Å². The van der Waals surface area contributed by atoms with Gasteiger partial charge in [0.2, 0.25) is 21.7 Å². The number of thiazole rings is 1. The van der Waals surface area contributed by atoms with E-state index >= 15 is 0 Å². The molecule has 0 saturated carbocycles. The van der Waals surface area contributed by atoms with Crippen LogP contribution in [0.1, 0.15) is 55.6 Å². The van der Waals surface area contributed by atoms with Gasteiger partial charge in [0, 0.05) is 17.5 Å². The SMILES string of the molecule is CC[C@H](NS(=O)(=O)c1ccc(-c2sc(-c3noc(CC(C)(C)C(=O)OC)n3)nc2C=O)c(C(F)F)c1)C(F)(F)F. The van der Waals surface area contributed by atoms with E-state index in [0.29, 0.717) is 6.07 Å². The van der Waals surface area contributed by atoms with Crippen molar-refractivity contribution in [1.82, 2.24) is 19.8 Å². The fourth-order valence-corrected chi connectivity index (χ4v) is 5.92. The molecule has 10 nitrogen and oxygen atoms in total. The number of nitrogens with one attached hydrogen (secondary N) is 1. The molecule has 1 N–H and O–H groups in total. The number of aldehydes is 1. The van der Waals surface area contributed by atoms with Crippen LogP contribution in [0.15, 0.2) is 27.6 Å². The summed E-state index contributed by atoms with van der Waals surface area (Å²) in [5.74, 6) is -0.597. The summed E-state index contributed by atoms with van der Waals surface area (Å²) in [5, 5.41) is 3.76. The molecule has 0 bridgehead atoms. The lowest BCUT2D eigenvalue weighted by Gasteiger charge is -2.20. The molecular weight excluding hydrogens is 587 g/mol. The summed E-state index contributed by atoms with van der Waals surface area (Å²) in [6.07, 6.45) is -8.50. The summed E-state index contributed by atoms with van der Waals surface area (Å²) in [5.41, 5.74) is -2.42. The van der Waals surface area contributed by atoms with Gasteiger partial charge in [-0.1, -0.05) is 18.1 Å². The maximum Gasteiger partial charge on any atom is 0.404 e. The molecule has 218 valence electrons. The molecule has 2 aromatic heterocycles. The molecule has 1 atom stereocenters. The van der Waals surface area contributed by atoms with Crippen LogP contribution in [0.5, 0.6) is 0 Å². The van der Waals surface area contributed by atoms with Crippen molar-refractivity contribution in [1.29, 1.82) is 0 Å². The van der Waals surface area contributed by atoms with Crippen molar-refractivity contribution in [2.75, 3.05) is 7.11 Å². The third kappa shape index (κ3) is 6.69. The summed E-state index contributed by atoms with van der Waals surface area (Å²) >= 11 is 0.729. The summed E-state index contributed by atoms with van der Waals surface area (Å²) in [6.45, 7) is 4.29. The van der Waals surface area contributed by atoms with Crippen LogP contribution < -0.4 is 4.72 Å². The van der Waals surface area contributed by atoms with Gasteiger partial charge in [0.15, 0.2) is 11.3 Å². The number of halogens is 5. The number of nitrogens with zero attached hydrogens (tertiary/aromatic N) is 3. The van der Waals surface area contributed by atoms with Gasteiger partial charge in [0.1, 0.15) is 11.7 Å². The number of rotatable bonds is 11. The van der Waals surface area contributed by atoms with Crippen LogP contribution >= 0.6 is 11.3 Å². The third-order valence-corrected chi connectivity index (χ3v) is 8.24. The van der Waals surface area contributed by atoms with Crippen LogP contribution in [0, 0.1) is 5.41 Å². The molecule has 0 aliphatic carbocycles. The molecule has 3 aromatic rings. The van der Waals surface area contributed by atoms with Gasteiger partial charge in [0.25, 0.3) is 6.43 Å². The molecule has 0 unspecified atom stereocenters. The second-order valence-corrected chi connectivity index (χ2v) is 11.8. The Morgan fingerprint density at radius 1 is 1.23 bits per heavy atom. The van der Waals surface area contributed by atoms with Crippen LogP contribution in [-0.2, 0) is 26.0 Å². The van der Waals surface area contributed by atoms with Crippen LogP contribution in [0.3, 0.4) is 0 Å². The minimum absolute atomic E-state index is 0.00181. The second-order valence-electron chi connectivity index (χ2n) is 9.09. The van der Waals surface area contributed by atoms with Crippen molar-refractivity contribution in [2.45, 2.75) is 57.2 Å². The summed E-state index contributed by atoms with van der Waals surface area (Å²) in [6, 6.07) is -0.0750. The maximum absolute atomic E-state index is 14.0. The van der Waals surface area contributed by atoms with E-state index in [1.54, 1.807) is 13.8 Å². The molecule has 2 heterocycles. The molecule has 40 heavy (non-hydrogen) atoms. The summed E-state index contributed by atoms with van der Waals surface area (Å²) in [7, 11) is -3.61. The number of aromatic nitrogens is 3. The predicted molar refractivity (Wildman–Crippen MR) is 131 cm³/mol. The average molecular weight is 611 g/mol. The molecule has 0 radical (unpaired) electrons. The van der Waals surface area contributed by atoms with Gasteiger partial charge in [-0.05, 0) is 32.4 Å². The number of hydrogen-bond acceptors (Lipinski definition) is 10. The lowest BCUT2D eigenvalue weighted by atomic mass is 9.89. The van der Waals surface area contributed by atoms with Gasteiger partial charge in [-0.2, -0.15) is 22.9 Å². The molecule has 0 spiro atoms. The minimum atomic E-state index is -4.89. The average Bonchev–Trinajstić information content (AvgIpc) is 3.52. The molecule has 0 aliphatic rings. The summed E-state index contributed by atoms with van der Waals surface area (Å²) < 4.78 is 104. The van der Waals surface area contributed by atoms with Gasteiger partial charge in [-0.15, -0.1) is 11.3 Å². The zero-order valence-corrected chi connectivity index (χ0v) is 23.0. The van der Waals surface area contributed by atoms with Crippen LogP contribution in [0.2, 0.25) is 0 Å². The highest BCUT2D eigenvalue weighted by Gasteiger charge is 2.41. The number of ether oxygens (including phenoxy) is 1. The number of alkyl halides is 5. The van der Waals surface area contributed by atoms with Crippen LogP contribution in [-0.4, -0.2) is 55.1 Å². The standard InChI is InChI=1S/C23H23F5N4O6S2/c1-5-15(23(26,27)28)32-40(35,36)11-6-7-12(13(8-11)18(24)25)17-14(10-33)29-20(39-17)19-30-16(38-31-19)9-22(2,3)21(34)37-4/h6-8,10,15,18,32H,5,9H2,1-4H3/t15-/m0/s1. The number of methoxy groups -OCH3 is 1. The van der Waals surface area contributed by atoms with E-state index in [1.807, 2.05) is 0 Å². The Morgan fingerprint density at radius 3 is 2.45 bits per heavy atom. The minimum Gasteiger partial charge on any atom is -0.469 e. The molecular formula is C23H23F5N4O6S2. The number of sulfonamides is 1. The van der Waals surface area contributed by atoms with E-state index < -0.39 is 56.9 Å². The van der Waals surface area contributed by atoms with Gasteiger partial charge in [0.05, 0.1) is 22.3 Å². The largest absolute Gasteiger partial charge is 0.469 e. The Bertz CT molecular complexity index is 1500. The highest BCUT2D eigenvalue weighted by molar-refractivity contribution is 7.89. The van der Waals surface area contributed by atoms with E-state index in [-0.39, 0.29) is 45.6 Å². The monoisotopic (exact) mass is 610 g/mol. The van der Waals surface area contributed by atoms with Crippen LogP contribution in [0.25, 0.3) is 21.3 Å². The number of benzene rings is 1. The quantitative estimate of drug-likeness (QED) is 0.181. The fraction of sp³-hybridized carbons (Fsp3) is 0.435. The van der Waals surface area contributed by atoms with E-state index in [1.165, 1.54) is 11.8 Å². The Balaban J connectivity index is 2.01. The van der Waals surface area contributed by atoms with Gasteiger partial charge >= 0.3 is 12.1 Å². The highest BCUT2D eigenvalue weighted by atomic mass is 32.2. The van der Waals surface area contributed by atoms with Crippen LogP contribution in [0.4, 0.5) is 22.0 Å². The van der Waals surface area contributed by atoms with Crippen molar-refractivity contribution >= 4 is 33.6 Å². The topological polar surface area (TPSA) is 141 Å². The number of carbonyl (C=O) groups excluding carboxylic acids is 2. The van der Waals surface area contributed by atoms with E-state index in [0.717, 1.165) is 30.4 Å². The van der Waals surface area contributed by atoms with Crippen molar-refractivity contribution < 1.29 is 49.2 Å². The zero-order valence-electron chi connectivity index (χ0n) is 21.4. The van der Waals surface area contributed by atoms with Crippen molar-refractivity contribution in [3.05, 3.63) is 35.3 Å². The molecule has 1 aromatic carbocycles. The fourth-order valence-electron chi connectivity index (χ4n) is 3.57. The first-order valence-electron chi connectivity index (χ1n) is 11.4. The molecule has 0 amide bonds. The normalized spacial score (nSPS) is 13.4. The molecule has 17 heteroatoms. The van der Waals surface area contributed by atoms with Gasteiger partial charge in [-0.3, -0.25) is 9.59 Å². The first-order chi connectivity index (χ1) is 18.5. The van der Waals surface area contributed by atoms with E-state index in [4.69, 9.17) is 9.26 Å². The smallest absolute Gasteiger partial charge is 0.404 e. The Hall–Kier alpha value is -3.31. The van der Waals surface area contributed by atoms with Crippen molar-refractivity contribution in [2.24, 2.45) is 5.41 Å². The number of esters is 1. The molecule has 3 rings (SSSR count). The Kier molecular flexibility index (Phi) is 9.10. The lowest BCUT2D eigenvalue weighted by Crippen LogP contribution is -2.44. The van der Waals surface area contributed by atoms with Crippen molar-refractivity contribution in [3.8, 4) is 21.3 Å². The second kappa shape index (κ2) is 11.7. The van der Waals surface area contributed by atoms with E-state index in [9.17, 15) is 40.0 Å². The summed E-state index contributed by atoms with van der Waals surface area (Å²) in [4.78, 5) is 31.0. The van der Waals surface area contributed by atoms with Gasteiger partial charge < -0.3 is 9.26 Å². The Morgan fingerprint density at radius 2 is 1.90 bits per heavy atom. The zero-order chi connectivity index (χ0) is 30.0. The number of carbonyl (C=O) groups is 2. The van der Waals surface area contributed by atoms with Crippen molar-refractivity contribution in [3.63, 3.8) is 0 Å². The molecule has 0 fully saturated rings. The third-order valence-electron chi connectivity index (χ3n) is 5.67. The highest BCUT2D eigenvalue weighted by Crippen LogP contribution is 2.40.